The van der Waals surface area contributed by atoms with Crippen molar-refractivity contribution >= 4 is 11.8 Å². The minimum atomic E-state index is -1.20. The molecule has 2 heterocycles. The van der Waals surface area contributed by atoms with E-state index in [0.29, 0.717) is 18.6 Å². The molecule has 2 aromatic rings. The molecule has 0 radical (unpaired) electrons. The average molecular weight is 439 g/mol. The first-order chi connectivity index (χ1) is 14.6. The van der Waals surface area contributed by atoms with Gasteiger partial charge in [0.25, 0.3) is 11.8 Å². The van der Waals surface area contributed by atoms with Crippen molar-refractivity contribution in [3.63, 3.8) is 0 Å². The molecule has 0 fully saturated rings. The molecule has 31 heavy (non-hydrogen) atoms. The summed E-state index contributed by atoms with van der Waals surface area (Å²) in [5, 5.41) is 21.8. The van der Waals surface area contributed by atoms with Crippen molar-refractivity contribution in [3.8, 4) is 5.75 Å². The van der Waals surface area contributed by atoms with Crippen LogP contribution in [0.1, 0.15) is 39.8 Å². The van der Waals surface area contributed by atoms with Crippen molar-refractivity contribution in [2.45, 2.75) is 32.5 Å². The standard InChI is InChI=1S/C20H20F3N3O5/c1-10(27)2-3-25-4-5-26-9-13(17(28)18(29)16(26)20(25)31)19(30)24-8-12-14(22)6-11(21)7-15(12)23/h6-7,9-10,27,29H,2-5,8H2,1H3,(H,24,30). The fraction of sp³-hybridized carbons (Fsp3) is 0.350. The van der Waals surface area contributed by atoms with Crippen molar-refractivity contribution in [1.82, 2.24) is 14.8 Å². The van der Waals surface area contributed by atoms with Gasteiger partial charge in [-0.3, -0.25) is 14.4 Å². The molecule has 0 bridgehead atoms. The number of aromatic hydroxyl groups is 1. The van der Waals surface area contributed by atoms with Gasteiger partial charge in [0.1, 0.15) is 23.0 Å². The largest absolute Gasteiger partial charge is 0.503 e. The van der Waals surface area contributed by atoms with Crippen LogP contribution in [0.3, 0.4) is 0 Å². The lowest BCUT2D eigenvalue weighted by Gasteiger charge is -2.30. The van der Waals surface area contributed by atoms with Crippen LogP contribution in [-0.4, -0.2) is 50.7 Å². The van der Waals surface area contributed by atoms with E-state index in [1.165, 1.54) is 9.47 Å². The van der Waals surface area contributed by atoms with Crippen LogP contribution in [-0.2, 0) is 13.1 Å². The molecule has 3 rings (SSSR count). The summed E-state index contributed by atoms with van der Waals surface area (Å²) in [6, 6.07) is 0.915. The van der Waals surface area contributed by atoms with Crippen molar-refractivity contribution in [3.05, 3.63) is 62.8 Å². The van der Waals surface area contributed by atoms with E-state index in [-0.39, 0.29) is 25.3 Å². The number of rotatable bonds is 6. The highest BCUT2D eigenvalue weighted by molar-refractivity contribution is 5.99. The highest BCUT2D eigenvalue weighted by Crippen LogP contribution is 2.21. The molecule has 0 saturated heterocycles. The zero-order chi connectivity index (χ0) is 22.9. The minimum Gasteiger partial charge on any atom is -0.503 e. The molecule has 0 saturated carbocycles. The van der Waals surface area contributed by atoms with Gasteiger partial charge in [0.15, 0.2) is 11.4 Å². The Morgan fingerprint density at radius 1 is 1.19 bits per heavy atom. The number of aliphatic hydroxyl groups is 1. The van der Waals surface area contributed by atoms with Crippen molar-refractivity contribution < 1.29 is 33.0 Å². The fourth-order valence-electron chi connectivity index (χ4n) is 3.25. The predicted molar refractivity (Wildman–Crippen MR) is 102 cm³/mol. The van der Waals surface area contributed by atoms with E-state index in [1.807, 2.05) is 0 Å². The molecular weight excluding hydrogens is 419 g/mol. The summed E-state index contributed by atoms with van der Waals surface area (Å²) in [6.07, 6.45) is 0.772. The van der Waals surface area contributed by atoms with Gasteiger partial charge in [0.2, 0.25) is 5.43 Å². The maximum Gasteiger partial charge on any atom is 0.274 e. The smallest absolute Gasteiger partial charge is 0.274 e. The van der Waals surface area contributed by atoms with Gasteiger partial charge in [-0.1, -0.05) is 0 Å². The topological polar surface area (TPSA) is 112 Å². The van der Waals surface area contributed by atoms with Gasteiger partial charge in [0, 0.05) is 50.1 Å². The molecule has 1 unspecified atom stereocenters. The summed E-state index contributed by atoms with van der Waals surface area (Å²) >= 11 is 0. The molecule has 2 amide bonds. The Kier molecular flexibility index (Phi) is 6.34. The molecule has 8 nitrogen and oxygen atoms in total. The number of nitrogens with zero attached hydrogens (tertiary/aromatic N) is 2. The number of halogens is 3. The molecular formula is C20H20F3N3O5. The number of aromatic nitrogens is 1. The average Bonchev–Trinajstić information content (AvgIpc) is 2.68. The number of fused-ring (bicyclic) bond motifs is 1. The normalized spacial score (nSPS) is 14.4. The number of benzene rings is 1. The molecule has 0 aliphatic carbocycles. The van der Waals surface area contributed by atoms with Crippen LogP contribution in [0.25, 0.3) is 0 Å². The number of hydrogen-bond acceptors (Lipinski definition) is 5. The Balaban J connectivity index is 1.83. The molecule has 1 aliphatic heterocycles. The lowest BCUT2D eigenvalue weighted by atomic mass is 10.1. The predicted octanol–water partition coefficient (Wildman–Crippen LogP) is 1.13. The van der Waals surface area contributed by atoms with E-state index in [2.05, 4.69) is 5.32 Å². The van der Waals surface area contributed by atoms with E-state index in [9.17, 15) is 37.8 Å². The van der Waals surface area contributed by atoms with Crippen molar-refractivity contribution in [2.75, 3.05) is 13.1 Å². The van der Waals surface area contributed by atoms with Crippen LogP contribution in [0, 0.1) is 17.5 Å². The number of hydrogen-bond donors (Lipinski definition) is 3. The molecule has 1 aromatic carbocycles. The number of carbonyl (C=O) groups excluding carboxylic acids is 2. The number of nitrogens with one attached hydrogen (secondary N) is 1. The summed E-state index contributed by atoms with van der Waals surface area (Å²) in [5.74, 6) is -6.09. The minimum absolute atomic E-state index is 0.177. The number of carbonyl (C=O) groups is 2. The van der Waals surface area contributed by atoms with Gasteiger partial charge in [-0.05, 0) is 13.3 Å². The Hall–Kier alpha value is -3.34. The summed E-state index contributed by atoms with van der Waals surface area (Å²) < 4.78 is 41.7. The van der Waals surface area contributed by atoms with E-state index in [0.717, 1.165) is 6.20 Å². The van der Waals surface area contributed by atoms with Gasteiger partial charge >= 0.3 is 0 Å². The number of aliphatic hydroxyl groups excluding tert-OH is 1. The molecule has 1 aromatic heterocycles. The van der Waals surface area contributed by atoms with Crippen molar-refractivity contribution in [1.29, 1.82) is 0 Å². The first-order valence-electron chi connectivity index (χ1n) is 9.45. The first-order valence-corrected chi connectivity index (χ1v) is 9.45. The first kappa shape index (κ1) is 22.3. The Labute approximate surface area is 174 Å². The lowest BCUT2D eigenvalue weighted by Crippen LogP contribution is -2.43. The van der Waals surface area contributed by atoms with E-state index < -0.39 is 64.2 Å². The van der Waals surface area contributed by atoms with Gasteiger partial charge in [-0.2, -0.15) is 0 Å². The zero-order valence-corrected chi connectivity index (χ0v) is 16.5. The Morgan fingerprint density at radius 3 is 2.45 bits per heavy atom. The monoisotopic (exact) mass is 439 g/mol. The second kappa shape index (κ2) is 8.80. The van der Waals surface area contributed by atoms with E-state index >= 15 is 0 Å². The molecule has 1 aliphatic rings. The van der Waals surface area contributed by atoms with E-state index in [4.69, 9.17) is 0 Å². The second-order valence-electron chi connectivity index (χ2n) is 7.22. The molecule has 0 spiro atoms. The number of pyridine rings is 1. The van der Waals surface area contributed by atoms with Gasteiger partial charge < -0.3 is 25.0 Å². The third kappa shape index (κ3) is 4.55. The van der Waals surface area contributed by atoms with Gasteiger partial charge in [-0.15, -0.1) is 0 Å². The highest BCUT2D eigenvalue weighted by atomic mass is 19.1. The zero-order valence-electron chi connectivity index (χ0n) is 16.5. The number of amides is 2. The van der Waals surface area contributed by atoms with Crippen LogP contribution < -0.4 is 10.7 Å². The van der Waals surface area contributed by atoms with Crippen LogP contribution in [0.15, 0.2) is 23.1 Å². The molecule has 166 valence electrons. The fourth-order valence-corrected chi connectivity index (χ4v) is 3.25. The summed E-state index contributed by atoms with van der Waals surface area (Å²) in [6.45, 7) is 1.54. The maximum atomic E-state index is 13.7. The summed E-state index contributed by atoms with van der Waals surface area (Å²) in [7, 11) is 0. The molecule has 1 atom stereocenters. The molecule has 11 heteroatoms. The second-order valence-corrected chi connectivity index (χ2v) is 7.22. The Morgan fingerprint density at radius 2 is 1.84 bits per heavy atom. The SMILES string of the molecule is CC(O)CCN1CCn2cc(C(=O)NCc3c(F)cc(F)cc3F)c(=O)c(O)c2C1=O. The van der Waals surface area contributed by atoms with Crippen LogP contribution in [0.5, 0.6) is 5.75 Å². The third-order valence-corrected chi connectivity index (χ3v) is 4.95. The quantitative estimate of drug-likeness (QED) is 0.625. The van der Waals surface area contributed by atoms with Crippen LogP contribution in [0.2, 0.25) is 0 Å². The third-order valence-electron chi connectivity index (χ3n) is 4.95. The summed E-state index contributed by atoms with van der Waals surface area (Å²) in [5.41, 5.74) is -2.51. The van der Waals surface area contributed by atoms with Crippen LogP contribution in [0.4, 0.5) is 13.2 Å². The van der Waals surface area contributed by atoms with Gasteiger partial charge in [0.05, 0.1) is 6.10 Å². The maximum absolute atomic E-state index is 13.7. The van der Waals surface area contributed by atoms with Crippen LogP contribution >= 0.6 is 0 Å². The van der Waals surface area contributed by atoms with E-state index in [1.54, 1.807) is 6.92 Å². The summed E-state index contributed by atoms with van der Waals surface area (Å²) in [4.78, 5) is 38.9. The molecule has 3 N–H and O–H groups in total. The lowest BCUT2D eigenvalue weighted by molar-refractivity contribution is 0.0663. The highest BCUT2D eigenvalue weighted by Gasteiger charge is 2.30. The van der Waals surface area contributed by atoms with Gasteiger partial charge in [-0.25, -0.2) is 13.2 Å². The Bertz CT molecular complexity index is 1080. The van der Waals surface area contributed by atoms with Crippen molar-refractivity contribution in [2.24, 2.45) is 0 Å².